The van der Waals surface area contributed by atoms with E-state index in [9.17, 15) is 0 Å². The maximum Gasteiger partial charge on any atom is 0.155 e. The Morgan fingerprint density at radius 3 is 2.56 bits per heavy atom. The molecule has 134 valence electrons. The van der Waals surface area contributed by atoms with Crippen LogP contribution >= 0.6 is 0 Å². The highest BCUT2D eigenvalue weighted by atomic mass is 19.1. The molecule has 1 heterocycles. The second kappa shape index (κ2) is 6.38. The van der Waals surface area contributed by atoms with Gasteiger partial charge in [-0.25, -0.2) is 4.39 Å². The number of nitrogens with one attached hydrogen (secondary N) is 1. The highest BCUT2D eigenvalue weighted by Crippen LogP contribution is 2.42. The van der Waals surface area contributed by atoms with Gasteiger partial charge >= 0.3 is 0 Å². The van der Waals surface area contributed by atoms with E-state index in [1.165, 1.54) is 35.1 Å². The first-order valence-corrected chi connectivity index (χ1v) is 9.77. The number of halogens is 1. The molecule has 0 spiro atoms. The molecule has 0 unspecified atom stereocenters. The third-order valence-electron chi connectivity index (χ3n) is 5.76. The number of aromatic nitrogens is 1. The molecule has 0 amide bonds. The maximum absolute atomic E-state index is 15.4. The zero-order valence-electron chi connectivity index (χ0n) is 15.5. The summed E-state index contributed by atoms with van der Waals surface area (Å²) in [6.07, 6.45) is 4.33. The van der Waals surface area contributed by atoms with Crippen LogP contribution in [0.15, 0.2) is 60.7 Å². The fourth-order valence-electron chi connectivity index (χ4n) is 4.26. The third kappa shape index (κ3) is 2.59. The number of benzene rings is 3. The SMILES string of the molecule is CCCCc1ccc(-c2ccc3c4c([nH]c3c2F)-c2ccccc2C4)cc1. The van der Waals surface area contributed by atoms with Gasteiger partial charge in [-0.3, -0.25) is 0 Å². The average molecular weight is 355 g/mol. The van der Waals surface area contributed by atoms with Crippen LogP contribution in [0.2, 0.25) is 0 Å². The van der Waals surface area contributed by atoms with E-state index < -0.39 is 0 Å². The maximum atomic E-state index is 15.4. The molecule has 1 N–H and O–H groups in total. The number of unbranched alkanes of at least 4 members (excludes halogenated alkanes) is 1. The van der Waals surface area contributed by atoms with Crippen LogP contribution in [-0.4, -0.2) is 4.98 Å². The minimum atomic E-state index is -0.152. The van der Waals surface area contributed by atoms with Gasteiger partial charge in [0, 0.05) is 22.9 Å². The number of fused-ring (bicyclic) bond motifs is 5. The van der Waals surface area contributed by atoms with Gasteiger partial charge < -0.3 is 4.98 Å². The number of H-pyrrole nitrogens is 1. The standard InChI is InChI=1S/C25H22FN/c1-2-3-6-16-9-11-17(12-10-16)19-13-14-21-22-15-18-7-4-5-8-20(18)24(22)27-25(21)23(19)26/h4-5,7-14,27H,2-3,6,15H2,1H3. The van der Waals surface area contributed by atoms with Crippen molar-refractivity contribution < 1.29 is 4.39 Å². The van der Waals surface area contributed by atoms with E-state index in [0.717, 1.165) is 29.5 Å². The minimum absolute atomic E-state index is 0.152. The van der Waals surface area contributed by atoms with Crippen molar-refractivity contribution in [3.05, 3.63) is 83.2 Å². The van der Waals surface area contributed by atoms with Gasteiger partial charge in [-0.1, -0.05) is 74.0 Å². The van der Waals surface area contributed by atoms with Gasteiger partial charge in [-0.05, 0) is 35.1 Å². The normalized spacial score (nSPS) is 12.4. The molecule has 1 aromatic heterocycles. The van der Waals surface area contributed by atoms with Gasteiger partial charge in [-0.15, -0.1) is 0 Å². The number of hydrogen-bond acceptors (Lipinski definition) is 0. The second-order valence-corrected chi connectivity index (χ2v) is 7.46. The first-order valence-electron chi connectivity index (χ1n) is 9.77. The molecule has 0 fully saturated rings. The third-order valence-corrected chi connectivity index (χ3v) is 5.76. The quantitative estimate of drug-likeness (QED) is 0.361. The first kappa shape index (κ1) is 16.3. The smallest absolute Gasteiger partial charge is 0.155 e. The zero-order chi connectivity index (χ0) is 18.4. The topological polar surface area (TPSA) is 15.8 Å². The Labute approximate surface area is 158 Å². The Kier molecular flexibility index (Phi) is 3.86. The summed E-state index contributed by atoms with van der Waals surface area (Å²) in [6, 6.07) is 20.7. The molecule has 5 rings (SSSR count). The molecule has 0 bridgehead atoms. The van der Waals surface area contributed by atoms with Crippen LogP contribution in [-0.2, 0) is 12.8 Å². The van der Waals surface area contributed by atoms with E-state index in [4.69, 9.17) is 0 Å². The van der Waals surface area contributed by atoms with Gasteiger partial charge in [0.15, 0.2) is 5.82 Å². The van der Waals surface area contributed by atoms with Crippen molar-refractivity contribution in [2.45, 2.75) is 32.6 Å². The van der Waals surface area contributed by atoms with Crippen LogP contribution in [0.3, 0.4) is 0 Å². The summed E-state index contributed by atoms with van der Waals surface area (Å²) in [5.41, 5.74) is 8.35. The lowest BCUT2D eigenvalue weighted by Gasteiger charge is -2.07. The van der Waals surface area contributed by atoms with Crippen molar-refractivity contribution in [3.8, 4) is 22.4 Å². The predicted molar refractivity (Wildman–Crippen MR) is 111 cm³/mol. The molecule has 1 aliphatic rings. The van der Waals surface area contributed by atoms with Crippen molar-refractivity contribution in [2.24, 2.45) is 0 Å². The molecule has 4 aromatic rings. The Morgan fingerprint density at radius 2 is 1.74 bits per heavy atom. The molecule has 3 aromatic carbocycles. The molecule has 2 heteroatoms. The van der Waals surface area contributed by atoms with Crippen molar-refractivity contribution >= 4 is 10.9 Å². The van der Waals surface area contributed by atoms with E-state index in [-0.39, 0.29) is 5.82 Å². The molecule has 1 aliphatic carbocycles. The number of hydrogen-bond donors (Lipinski definition) is 1. The van der Waals surface area contributed by atoms with E-state index >= 15 is 4.39 Å². The van der Waals surface area contributed by atoms with Crippen molar-refractivity contribution in [2.75, 3.05) is 0 Å². The van der Waals surface area contributed by atoms with E-state index in [2.05, 4.69) is 48.3 Å². The molecule has 0 saturated heterocycles. The van der Waals surface area contributed by atoms with Crippen molar-refractivity contribution in [1.29, 1.82) is 0 Å². The van der Waals surface area contributed by atoms with Crippen molar-refractivity contribution in [3.63, 3.8) is 0 Å². The Bertz CT molecular complexity index is 1140. The monoisotopic (exact) mass is 355 g/mol. The summed E-state index contributed by atoms with van der Waals surface area (Å²) >= 11 is 0. The summed E-state index contributed by atoms with van der Waals surface area (Å²) in [5.74, 6) is -0.152. The minimum Gasteiger partial charge on any atom is -0.352 e. The van der Waals surface area contributed by atoms with Gasteiger partial charge in [0.05, 0.1) is 11.2 Å². The lowest BCUT2D eigenvalue weighted by molar-refractivity contribution is 0.640. The lowest BCUT2D eigenvalue weighted by Crippen LogP contribution is -1.90. The van der Waals surface area contributed by atoms with Gasteiger partial charge in [0.2, 0.25) is 0 Å². The van der Waals surface area contributed by atoms with Crippen molar-refractivity contribution in [1.82, 2.24) is 4.98 Å². The Morgan fingerprint density at radius 1 is 0.926 bits per heavy atom. The van der Waals surface area contributed by atoms with Crippen LogP contribution in [0, 0.1) is 5.82 Å². The fourth-order valence-corrected chi connectivity index (χ4v) is 4.26. The highest BCUT2D eigenvalue weighted by Gasteiger charge is 2.24. The summed E-state index contributed by atoms with van der Waals surface area (Å²) in [5, 5.41) is 1.00. The van der Waals surface area contributed by atoms with Gasteiger partial charge in [0.25, 0.3) is 0 Å². The highest BCUT2D eigenvalue weighted by molar-refractivity contribution is 5.96. The summed E-state index contributed by atoms with van der Waals surface area (Å²) in [4.78, 5) is 3.37. The molecule has 0 atom stereocenters. The zero-order valence-corrected chi connectivity index (χ0v) is 15.5. The number of aromatic amines is 1. The van der Waals surface area contributed by atoms with E-state index in [1.54, 1.807) is 0 Å². The van der Waals surface area contributed by atoms with E-state index in [1.807, 2.05) is 24.3 Å². The number of rotatable bonds is 4. The molecule has 0 saturated carbocycles. The molecule has 27 heavy (non-hydrogen) atoms. The van der Waals surface area contributed by atoms with E-state index in [0.29, 0.717) is 11.1 Å². The molecule has 0 radical (unpaired) electrons. The summed E-state index contributed by atoms with van der Waals surface area (Å²) in [7, 11) is 0. The van der Waals surface area contributed by atoms with Crippen LogP contribution < -0.4 is 0 Å². The lowest BCUT2D eigenvalue weighted by atomic mass is 9.99. The molecular weight excluding hydrogens is 333 g/mol. The molecular formula is C25H22FN. The molecule has 1 nitrogen and oxygen atoms in total. The van der Waals surface area contributed by atoms with Gasteiger partial charge in [0.1, 0.15) is 0 Å². The van der Waals surface area contributed by atoms with Crippen LogP contribution in [0.5, 0.6) is 0 Å². The fraction of sp³-hybridized carbons (Fsp3) is 0.200. The number of aryl methyl sites for hydroxylation is 1. The van der Waals surface area contributed by atoms with Crippen LogP contribution in [0.1, 0.15) is 36.5 Å². The largest absolute Gasteiger partial charge is 0.352 e. The summed E-state index contributed by atoms with van der Waals surface area (Å²) in [6.45, 7) is 2.20. The predicted octanol–water partition coefficient (Wildman–Crippen LogP) is 6.89. The van der Waals surface area contributed by atoms with Crippen LogP contribution in [0.25, 0.3) is 33.3 Å². The first-order chi connectivity index (χ1) is 13.3. The Balaban J connectivity index is 1.57. The average Bonchev–Trinajstić information content (AvgIpc) is 3.24. The Hall–Kier alpha value is -2.87. The van der Waals surface area contributed by atoms with Crippen LogP contribution in [0.4, 0.5) is 4.39 Å². The second-order valence-electron chi connectivity index (χ2n) is 7.46. The van der Waals surface area contributed by atoms with Gasteiger partial charge in [-0.2, -0.15) is 0 Å². The summed E-state index contributed by atoms with van der Waals surface area (Å²) < 4.78 is 15.4. The molecule has 0 aliphatic heterocycles.